The third kappa shape index (κ3) is 2.78. The fourth-order valence-corrected chi connectivity index (χ4v) is 2.83. The summed E-state index contributed by atoms with van der Waals surface area (Å²) in [5.41, 5.74) is 1.16. The van der Waals surface area contributed by atoms with Gasteiger partial charge in [0.25, 0.3) is 5.68 Å². The zero-order valence-electron chi connectivity index (χ0n) is 11.5. The minimum atomic E-state index is -1.21. The average Bonchev–Trinajstić information content (AvgIpc) is 2.76. The fraction of sp³-hybridized carbons (Fsp3) is 0.0667. The van der Waals surface area contributed by atoms with Crippen LogP contribution in [0.4, 0.5) is 0 Å². The number of halogens is 2. The van der Waals surface area contributed by atoms with Gasteiger partial charge in [0.15, 0.2) is 5.58 Å². The number of hydrogen-bond donors (Lipinski definition) is 3. The molecule has 0 bridgehead atoms. The van der Waals surface area contributed by atoms with Crippen molar-refractivity contribution in [3.05, 3.63) is 57.2 Å². The first-order valence-electron chi connectivity index (χ1n) is 6.45. The number of nitrogens with one attached hydrogen (secondary N) is 1. The second kappa shape index (κ2) is 5.64. The number of aromatic hydroxyl groups is 1. The summed E-state index contributed by atoms with van der Waals surface area (Å²) >= 11 is 12.0. The first-order valence-corrected chi connectivity index (χ1v) is 7.20. The van der Waals surface area contributed by atoms with Crippen LogP contribution in [0.15, 0.2) is 34.7 Å². The normalized spacial score (nSPS) is 11.0. The lowest BCUT2D eigenvalue weighted by Gasteiger charge is -2.06. The van der Waals surface area contributed by atoms with Gasteiger partial charge in [-0.1, -0.05) is 29.3 Å². The second-order valence-corrected chi connectivity index (χ2v) is 5.73. The molecule has 0 saturated heterocycles. The van der Waals surface area contributed by atoms with Gasteiger partial charge in [-0.3, -0.25) is 9.98 Å². The van der Waals surface area contributed by atoms with Gasteiger partial charge in [0, 0.05) is 5.02 Å². The number of hydrogen-bond acceptors (Lipinski definition) is 4. The Kier molecular flexibility index (Phi) is 3.79. The number of phenols is 1. The summed E-state index contributed by atoms with van der Waals surface area (Å²) in [4.78, 5) is 10.9. The van der Waals surface area contributed by atoms with Crippen LogP contribution in [0.25, 0.3) is 11.1 Å². The Labute approximate surface area is 139 Å². The van der Waals surface area contributed by atoms with E-state index in [2.05, 4.69) is 0 Å². The Bertz CT molecular complexity index is 991. The Morgan fingerprint density at radius 1 is 1.26 bits per heavy atom. The molecule has 0 amide bonds. The molecule has 0 aliphatic heterocycles. The molecular weight excluding hydrogens is 343 g/mol. The highest BCUT2D eigenvalue weighted by molar-refractivity contribution is 6.37. The van der Waals surface area contributed by atoms with Gasteiger partial charge < -0.3 is 14.6 Å². The Morgan fingerprint density at radius 3 is 2.65 bits per heavy atom. The van der Waals surface area contributed by atoms with E-state index in [4.69, 9.17) is 38.1 Å². The molecule has 0 saturated carbocycles. The summed E-state index contributed by atoms with van der Waals surface area (Å²) < 4.78 is 6.85. The summed E-state index contributed by atoms with van der Waals surface area (Å²) in [5, 5.41) is 27.3. The number of aromatic nitrogens is 1. The standard InChI is InChI=1S/C15H10Cl2N2O4/c16-8-4-10(17)13-11(5-8)19(15(18)23-13)6-7-1-2-9(14(21)22)12(20)3-7/h1-5,18,20H,6H2,(H,21,22). The molecule has 118 valence electrons. The number of rotatable bonds is 3. The van der Waals surface area contributed by atoms with Crippen molar-refractivity contribution in [3.8, 4) is 5.75 Å². The number of oxazole rings is 1. The molecule has 0 radical (unpaired) electrons. The van der Waals surface area contributed by atoms with Crippen LogP contribution in [0.5, 0.6) is 5.75 Å². The third-order valence-electron chi connectivity index (χ3n) is 3.36. The quantitative estimate of drug-likeness (QED) is 0.671. The van der Waals surface area contributed by atoms with Crippen molar-refractivity contribution >= 4 is 40.3 Å². The maximum absolute atomic E-state index is 10.9. The molecule has 1 heterocycles. The highest BCUT2D eigenvalue weighted by Crippen LogP contribution is 2.28. The summed E-state index contributed by atoms with van der Waals surface area (Å²) in [6.45, 7) is 0.190. The van der Waals surface area contributed by atoms with E-state index in [1.165, 1.54) is 22.8 Å². The van der Waals surface area contributed by atoms with Crippen molar-refractivity contribution in [2.75, 3.05) is 0 Å². The molecule has 6 nitrogen and oxygen atoms in total. The molecule has 1 aromatic heterocycles. The lowest BCUT2D eigenvalue weighted by molar-refractivity contribution is 0.0693. The predicted molar refractivity (Wildman–Crippen MR) is 84.2 cm³/mol. The van der Waals surface area contributed by atoms with Crippen molar-refractivity contribution in [1.29, 1.82) is 5.41 Å². The molecule has 8 heteroatoms. The lowest BCUT2D eigenvalue weighted by atomic mass is 10.1. The van der Waals surface area contributed by atoms with E-state index in [-0.39, 0.29) is 23.5 Å². The maximum Gasteiger partial charge on any atom is 0.339 e. The molecular formula is C15H10Cl2N2O4. The lowest BCUT2D eigenvalue weighted by Crippen LogP contribution is -2.15. The largest absolute Gasteiger partial charge is 0.507 e. The first kappa shape index (κ1) is 15.5. The number of carboxylic acid groups (broad SMARTS) is 1. The SMILES string of the molecule is N=c1oc2c(Cl)cc(Cl)cc2n1Cc1ccc(C(=O)O)c(O)c1. The van der Waals surface area contributed by atoms with Crippen LogP contribution < -0.4 is 5.68 Å². The highest BCUT2D eigenvalue weighted by Gasteiger charge is 2.14. The number of carboxylic acids is 1. The minimum absolute atomic E-state index is 0.133. The van der Waals surface area contributed by atoms with Gasteiger partial charge in [-0.2, -0.15) is 0 Å². The molecule has 2 aromatic carbocycles. The van der Waals surface area contributed by atoms with E-state index < -0.39 is 5.97 Å². The molecule has 0 fully saturated rings. The van der Waals surface area contributed by atoms with Gasteiger partial charge in [-0.05, 0) is 29.8 Å². The Morgan fingerprint density at radius 2 is 2.00 bits per heavy atom. The predicted octanol–water partition coefficient (Wildman–Crippen LogP) is 3.47. The molecule has 0 aliphatic rings. The van der Waals surface area contributed by atoms with E-state index in [0.717, 1.165) is 0 Å². The molecule has 3 aromatic rings. The van der Waals surface area contributed by atoms with E-state index in [1.807, 2.05) is 0 Å². The average molecular weight is 353 g/mol. The summed E-state index contributed by atoms with van der Waals surface area (Å²) in [6, 6.07) is 7.34. The molecule has 0 spiro atoms. The van der Waals surface area contributed by atoms with Gasteiger partial charge in [-0.15, -0.1) is 0 Å². The van der Waals surface area contributed by atoms with Crippen LogP contribution in [-0.4, -0.2) is 20.7 Å². The Balaban J connectivity index is 2.09. The van der Waals surface area contributed by atoms with Gasteiger partial charge >= 0.3 is 5.97 Å². The zero-order valence-corrected chi connectivity index (χ0v) is 13.0. The van der Waals surface area contributed by atoms with E-state index in [1.54, 1.807) is 12.1 Å². The molecule has 0 aliphatic carbocycles. The molecule has 3 N–H and O–H groups in total. The number of nitrogens with zero attached hydrogens (tertiary/aromatic N) is 1. The first-order chi connectivity index (χ1) is 10.9. The van der Waals surface area contributed by atoms with E-state index >= 15 is 0 Å². The summed E-state index contributed by atoms with van der Waals surface area (Å²) in [6.07, 6.45) is 0. The smallest absolute Gasteiger partial charge is 0.339 e. The van der Waals surface area contributed by atoms with E-state index in [9.17, 15) is 9.90 Å². The number of aromatic carboxylic acids is 1. The van der Waals surface area contributed by atoms with Gasteiger partial charge in [0.2, 0.25) is 0 Å². The number of carbonyl (C=O) groups is 1. The molecule has 23 heavy (non-hydrogen) atoms. The molecule has 3 rings (SSSR count). The van der Waals surface area contributed by atoms with Crippen molar-refractivity contribution in [2.24, 2.45) is 0 Å². The second-order valence-electron chi connectivity index (χ2n) is 4.89. The van der Waals surface area contributed by atoms with Crippen molar-refractivity contribution in [1.82, 2.24) is 4.57 Å². The van der Waals surface area contributed by atoms with Gasteiger partial charge in [0.1, 0.15) is 11.3 Å². The summed E-state index contributed by atoms with van der Waals surface area (Å²) in [7, 11) is 0. The van der Waals surface area contributed by atoms with Crippen LogP contribution in [-0.2, 0) is 6.54 Å². The highest BCUT2D eigenvalue weighted by atomic mass is 35.5. The van der Waals surface area contributed by atoms with Crippen LogP contribution in [0, 0.1) is 5.41 Å². The summed E-state index contributed by atoms with van der Waals surface area (Å²) in [5.74, 6) is -1.55. The minimum Gasteiger partial charge on any atom is -0.507 e. The van der Waals surface area contributed by atoms with Gasteiger partial charge in [0.05, 0.1) is 17.1 Å². The molecule has 0 unspecified atom stereocenters. The Hall–Kier alpha value is -2.44. The van der Waals surface area contributed by atoms with Crippen molar-refractivity contribution in [2.45, 2.75) is 6.54 Å². The number of benzene rings is 2. The fourth-order valence-electron chi connectivity index (χ4n) is 2.31. The van der Waals surface area contributed by atoms with E-state index in [0.29, 0.717) is 26.7 Å². The van der Waals surface area contributed by atoms with Crippen molar-refractivity contribution < 1.29 is 19.4 Å². The van der Waals surface area contributed by atoms with Crippen molar-refractivity contribution in [3.63, 3.8) is 0 Å². The topological polar surface area (TPSA) is 99.5 Å². The van der Waals surface area contributed by atoms with Gasteiger partial charge in [-0.25, -0.2) is 4.79 Å². The van der Waals surface area contributed by atoms with Crippen LogP contribution in [0.3, 0.4) is 0 Å². The zero-order chi connectivity index (χ0) is 16.7. The molecule has 0 atom stereocenters. The van der Waals surface area contributed by atoms with Crippen LogP contribution in [0.1, 0.15) is 15.9 Å². The maximum atomic E-state index is 10.9. The monoisotopic (exact) mass is 352 g/mol. The third-order valence-corrected chi connectivity index (χ3v) is 3.86. The number of fused-ring (bicyclic) bond motifs is 1. The van der Waals surface area contributed by atoms with Crippen LogP contribution >= 0.6 is 23.2 Å². The van der Waals surface area contributed by atoms with Crippen LogP contribution in [0.2, 0.25) is 10.0 Å².